The second-order valence-electron chi connectivity index (χ2n) is 4.99. The van der Waals surface area contributed by atoms with E-state index < -0.39 is 23.3 Å². The monoisotopic (exact) mass is 276 g/mol. The number of fused-ring (bicyclic) bond motifs is 3. The van der Waals surface area contributed by atoms with Gasteiger partial charge in [-0.25, -0.2) is 4.79 Å². The highest BCUT2D eigenvalue weighted by Gasteiger charge is 2.75. The Kier molecular flexibility index (Phi) is 2.49. The van der Waals surface area contributed by atoms with Gasteiger partial charge >= 0.3 is 6.03 Å². The fourth-order valence-corrected chi connectivity index (χ4v) is 3.31. The molecule has 2 aliphatic rings. The Hall–Kier alpha value is -1.92. The number of amides is 2. The van der Waals surface area contributed by atoms with Crippen molar-refractivity contribution in [3.63, 3.8) is 0 Å². The molecule has 106 valence electrons. The molecule has 0 radical (unpaired) electrons. The predicted molar refractivity (Wildman–Crippen MR) is 69.8 cm³/mol. The van der Waals surface area contributed by atoms with Gasteiger partial charge in [0.1, 0.15) is 0 Å². The molecular formula is C14H16N2O4. The minimum Gasteiger partial charge on any atom is -0.362 e. The smallest absolute Gasteiger partial charge is 0.325 e. The zero-order valence-corrected chi connectivity index (χ0v) is 11.3. The van der Waals surface area contributed by atoms with E-state index in [0.717, 1.165) is 9.80 Å². The second-order valence-corrected chi connectivity index (χ2v) is 4.99. The van der Waals surface area contributed by atoms with Gasteiger partial charge < -0.3 is 10.2 Å². The van der Waals surface area contributed by atoms with Crippen LogP contribution in [0.2, 0.25) is 0 Å². The van der Waals surface area contributed by atoms with Crippen molar-refractivity contribution < 1.29 is 19.8 Å². The number of nitrogens with zero attached hydrogens (tertiary/aromatic N) is 2. The standard InChI is InChI=1S/C14H16N2O4/c1-3-15-12(18)16(4-2)14(20)11(17)9-7-5-6-8-10(9)13(14,15)19/h5-8,19-20H,3-4H2,1-2H3/t13-,14-/m0/s1. The Balaban J connectivity index is 2.34. The minimum atomic E-state index is -2.25. The van der Waals surface area contributed by atoms with E-state index in [9.17, 15) is 19.8 Å². The lowest BCUT2D eigenvalue weighted by molar-refractivity contribution is -0.199. The maximum absolute atomic E-state index is 12.6. The lowest BCUT2D eigenvalue weighted by atomic mass is 9.98. The number of rotatable bonds is 2. The van der Waals surface area contributed by atoms with Crippen LogP contribution in [0.3, 0.4) is 0 Å². The van der Waals surface area contributed by atoms with E-state index in [-0.39, 0.29) is 24.2 Å². The van der Waals surface area contributed by atoms with Gasteiger partial charge in [0.2, 0.25) is 11.5 Å². The molecule has 1 aromatic rings. The fourth-order valence-electron chi connectivity index (χ4n) is 3.31. The molecule has 0 saturated carbocycles. The average Bonchev–Trinajstić information content (AvgIpc) is 2.73. The van der Waals surface area contributed by atoms with Crippen LogP contribution in [0.15, 0.2) is 24.3 Å². The number of hydrogen-bond acceptors (Lipinski definition) is 4. The highest BCUT2D eigenvalue weighted by atomic mass is 16.4. The summed E-state index contributed by atoms with van der Waals surface area (Å²) in [4.78, 5) is 27.0. The lowest BCUT2D eigenvalue weighted by Gasteiger charge is -2.36. The van der Waals surface area contributed by atoms with Crippen LogP contribution in [0.5, 0.6) is 0 Å². The van der Waals surface area contributed by atoms with Crippen molar-refractivity contribution in [2.45, 2.75) is 25.3 Å². The molecule has 1 fully saturated rings. The van der Waals surface area contributed by atoms with Crippen LogP contribution in [0.25, 0.3) is 0 Å². The molecule has 6 heteroatoms. The topological polar surface area (TPSA) is 81.1 Å². The summed E-state index contributed by atoms with van der Waals surface area (Å²) in [5.41, 5.74) is -3.75. The number of benzene rings is 1. The van der Waals surface area contributed by atoms with Crippen LogP contribution >= 0.6 is 0 Å². The summed E-state index contributed by atoms with van der Waals surface area (Å²) in [6.07, 6.45) is 0. The van der Waals surface area contributed by atoms with Gasteiger partial charge in [-0.15, -0.1) is 0 Å². The van der Waals surface area contributed by atoms with Gasteiger partial charge in [-0.1, -0.05) is 24.3 Å². The fraction of sp³-hybridized carbons (Fsp3) is 0.429. The van der Waals surface area contributed by atoms with Gasteiger partial charge in [-0.05, 0) is 13.8 Å². The van der Waals surface area contributed by atoms with Gasteiger partial charge in [-0.2, -0.15) is 0 Å². The summed E-state index contributed by atoms with van der Waals surface area (Å²) in [5, 5.41) is 21.9. The van der Waals surface area contributed by atoms with E-state index in [1.54, 1.807) is 38.1 Å². The number of hydrogen-bond donors (Lipinski definition) is 2. The molecule has 2 atom stereocenters. The largest absolute Gasteiger partial charge is 0.362 e. The van der Waals surface area contributed by atoms with Crippen LogP contribution in [0.1, 0.15) is 29.8 Å². The summed E-state index contributed by atoms with van der Waals surface area (Å²) >= 11 is 0. The number of carbonyl (C=O) groups excluding carboxylic acids is 2. The van der Waals surface area contributed by atoms with Crippen molar-refractivity contribution in [3.05, 3.63) is 35.4 Å². The second kappa shape index (κ2) is 3.80. The molecule has 2 amide bonds. The number of ketones is 1. The highest BCUT2D eigenvalue weighted by Crippen LogP contribution is 2.52. The highest BCUT2D eigenvalue weighted by molar-refractivity contribution is 6.11. The SMILES string of the molecule is CCN1C(=O)N(CC)[C@]2(O)c3ccccc3C(=O)[C@@]12O. The van der Waals surface area contributed by atoms with E-state index in [1.807, 2.05) is 0 Å². The normalized spacial score (nSPS) is 31.8. The number of aliphatic hydroxyl groups is 2. The Morgan fingerprint density at radius 3 is 2.15 bits per heavy atom. The maximum Gasteiger partial charge on any atom is 0.325 e. The van der Waals surface area contributed by atoms with Crippen LogP contribution in [0.4, 0.5) is 4.79 Å². The molecule has 1 aliphatic heterocycles. The van der Waals surface area contributed by atoms with Crippen molar-refractivity contribution >= 4 is 11.8 Å². The Morgan fingerprint density at radius 1 is 1.00 bits per heavy atom. The summed E-state index contributed by atoms with van der Waals surface area (Å²) in [6.45, 7) is 3.68. The van der Waals surface area contributed by atoms with E-state index in [0.29, 0.717) is 0 Å². The molecule has 20 heavy (non-hydrogen) atoms. The first-order chi connectivity index (χ1) is 9.44. The summed E-state index contributed by atoms with van der Waals surface area (Å²) < 4.78 is 0. The van der Waals surface area contributed by atoms with Crippen LogP contribution in [-0.4, -0.2) is 50.6 Å². The van der Waals surface area contributed by atoms with Crippen molar-refractivity contribution in [1.29, 1.82) is 0 Å². The lowest BCUT2D eigenvalue weighted by Crippen LogP contribution is -2.60. The van der Waals surface area contributed by atoms with E-state index in [4.69, 9.17) is 0 Å². The zero-order chi connectivity index (χ0) is 14.7. The predicted octanol–water partition coefficient (Wildman–Crippen LogP) is 0.494. The molecule has 0 spiro atoms. The zero-order valence-electron chi connectivity index (χ0n) is 11.3. The van der Waals surface area contributed by atoms with Gasteiger partial charge in [0.25, 0.3) is 5.72 Å². The first kappa shape index (κ1) is 13.1. The van der Waals surface area contributed by atoms with Crippen molar-refractivity contribution in [2.24, 2.45) is 0 Å². The first-order valence-electron chi connectivity index (χ1n) is 6.62. The quantitative estimate of drug-likeness (QED) is 0.824. The van der Waals surface area contributed by atoms with E-state index >= 15 is 0 Å². The molecule has 2 N–H and O–H groups in total. The molecule has 3 rings (SSSR count). The molecule has 1 heterocycles. The van der Waals surface area contributed by atoms with Gasteiger partial charge in [0.05, 0.1) is 0 Å². The number of carbonyl (C=O) groups is 2. The third-order valence-electron chi connectivity index (χ3n) is 4.23. The Bertz CT molecular complexity index is 617. The number of likely N-dealkylation sites (N-methyl/N-ethyl adjacent to an activating group) is 2. The average molecular weight is 276 g/mol. The summed E-state index contributed by atoms with van der Waals surface area (Å²) in [5.74, 6) is -0.637. The third-order valence-corrected chi connectivity index (χ3v) is 4.23. The van der Waals surface area contributed by atoms with Crippen LogP contribution in [0, 0.1) is 0 Å². The third kappa shape index (κ3) is 1.08. The molecule has 1 aromatic carbocycles. The van der Waals surface area contributed by atoms with E-state index in [2.05, 4.69) is 0 Å². The number of Topliss-reactive ketones (excluding diaryl/α,β-unsaturated/α-hetero) is 1. The molecule has 6 nitrogen and oxygen atoms in total. The van der Waals surface area contributed by atoms with Crippen molar-refractivity contribution in [1.82, 2.24) is 9.80 Å². The minimum absolute atomic E-state index is 0.133. The molecule has 1 aliphatic carbocycles. The van der Waals surface area contributed by atoms with Crippen LogP contribution < -0.4 is 0 Å². The Labute approximate surface area is 116 Å². The summed E-state index contributed by atoms with van der Waals surface area (Å²) in [6, 6.07) is 5.92. The van der Waals surface area contributed by atoms with Crippen molar-refractivity contribution in [2.75, 3.05) is 13.1 Å². The van der Waals surface area contributed by atoms with E-state index in [1.165, 1.54) is 0 Å². The molecule has 1 saturated heterocycles. The van der Waals surface area contributed by atoms with Gasteiger partial charge in [0, 0.05) is 24.2 Å². The van der Waals surface area contributed by atoms with Gasteiger partial charge in [0.15, 0.2) is 0 Å². The molecule has 0 aromatic heterocycles. The molecule has 0 unspecified atom stereocenters. The Morgan fingerprint density at radius 2 is 1.55 bits per heavy atom. The summed E-state index contributed by atoms with van der Waals surface area (Å²) in [7, 11) is 0. The number of urea groups is 1. The van der Waals surface area contributed by atoms with Crippen LogP contribution in [-0.2, 0) is 5.72 Å². The first-order valence-corrected chi connectivity index (χ1v) is 6.62. The molecule has 0 bridgehead atoms. The van der Waals surface area contributed by atoms with Crippen molar-refractivity contribution in [3.8, 4) is 0 Å². The molecular weight excluding hydrogens is 260 g/mol. The maximum atomic E-state index is 12.6. The van der Waals surface area contributed by atoms with Gasteiger partial charge in [-0.3, -0.25) is 14.6 Å².